The van der Waals surface area contributed by atoms with Gasteiger partial charge in [-0.05, 0) is 18.6 Å². The molecule has 2 nitrogen and oxygen atoms in total. The number of para-hydroxylation sites is 1. The van der Waals surface area contributed by atoms with E-state index in [4.69, 9.17) is 4.74 Å². The molecule has 0 saturated carbocycles. The van der Waals surface area contributed by atoms with Crippen molar-refractivity contribution in [3.63, 3.8) is 0 Å². The van der Waals surface area contributed by atoms with Gasteiger partial charge in [-0.1, -0.05) is 63.6 Å². The molecule has 0 heterocycles. The number of rotatable bonds is 9. The molecule has 4 N–H and O–H groups in total. The van der Waals surface area contributed by atoms with Crippen LogP contribution >= 0.6 is 0 Å². The Labute approximate surface area is 129 Å². The lowest BCUT2D eigenvalue weighted by Crippen LogP contribution is -3.00. The van der Waals surface area contributed by atoms with Gasteiger partial charge in [-0.3, -0.25) is 0 Å². The highest BCUT2D eigenvalue weighted by atomic mass is 127. The summed E-state index contributed by atoms with van der Waals surface area (Å²) in [7, 11) is 0. The third kappa shape index (κ3) is 10.8. The van der Waals surface area contributed by atoms with Gasteiger partial charge in [-0.15, -0.1) is 0 Å². The van der Waals surface area contributed by atoms with Gasteiger partial charge in [0.1, 0.15) is 5.75 Å². The predicted octanol–water partition coefficient (Wildman–Crippen LogP) is 2.20. The first-order valence-corrected chi connectivity index (χ1v) is 6.61. The zero-order chi connectivity index (χ0) is 11.5. The first-order valence-electron chi connectivity index (χ1n) is 6.61. The van der Waals surface area contributed by atoms with Crippen molar-refractivity contribution >= 4 is 0 Å². The van der Waals surface area contributed by atoms with Crippen molar-refractivity contribution in [2.75, 3.05) is 6.61 Å². The fourth-order valence-electron chi connectivity index (χ4n) is 1.77. The van der Waals surface area contributed by atoms with E-state index in [1.807, 2.05) is 30.3 Å². The van der Waals surface area contributed by atoms with Crippen molar-refractivity contribution in [3.8, 4) is 5.75 Å². The van der Waals surface area contributed by atoms with Gasteiger partial charge in [0.2, 0.25) is 0 Å². The van der Waals surface area contributed by atoms with E-state index in [0.29, 0.717) is 0 Å². The molecule has 3 heteroatoms. The van der Waals surface area contributed by atoms with E-state index in [-0.39, 0.29) is 30.1 Å². The highest BCUT2D eigenvalue weighted by molar-refractivity contribution is 5.20. The number of hydrogen-bond acceptors (Lipinski definition) is 1. The Balaban J connectivity index is 0. The summed E-state index contributed by atoms with van der Waals surface area (Å²) in [5.41, 5.74) is 0. The molecule has 0 bridgehead atoms. The zero-order valence-electron chi connectivity index (χ0n) is 11.8. The van der Waals surface area contributed by atoms with Gasteiger partial charge in [-0.25, -0.2) is 0 Å². The van der Waals surface area contributed by atoms with E-state index in [9.17, 15) is 0 Å². The van der Waals surface area contributed by atoms with Gasteiger partial charge in [0, 0.05) is 0 Å². The monoisotopic (exact) mass is 365 g/mol. The van der Waals surface area contributed by atoms with Gasteiger partial charge in [0.05, 0.1) is 6.61 Å². The number of halogens is 1. The summed E-state index contributed by atoms with van der Waals surface area (Å²) in [6, 6.07) is 10.1. The molecular weight excluding hydrogens is 337 g/mol. The molecule has 18 heavy (non-hydrogen) atoms. The van der Waals surface area contributed by atoms with E-state index < -0.39 is 0 Å². The van der Waals surface area contributed by atoms with Gasteiger partial charge < -0.3 is 34.9 Å². The molecule has 106 valence electrons. The standard InChI is InChI=1S/C15H24O.HI.H3N/c1-2-3-4-5-6-7-11-14-16-15-12-9-8-10-13-15;;/h8-10,12-13H,2-7,11,14H2,1H3;1H;1H3. The van der Waals surface area contributed by atoms with E-state index in [1.165, 1.54) is 44.9 Å². The molecule has 0 aliphatic rings. The van der Waals surface area contributed by atoms with Crippen LogP contribution in [0, 0.1) is 0 Å². The largest absolute Gasteiger partial charge is 1.00 e. The minimum Gasteiger partial charge on any atom is -1.00 e. The average Bonchev–Trinajstić information content (AvgIpc) is 2.34. The van der Waals surface area contributed by atoms with Crippen LogP contribution in [-0.4, -0.2) is 6.61 Å². The molecule has 0 aliphatic heterocycles. The highest BCUT2D eigenvalue weighted by Gasteiger charge is 1.93. The van der Waals surface area contributed by atoms with Crippen molar-refractivity contribution in [1.82, 2.24) is 6.15 Å². The molecular formula is C15H28INO. The second-order valence-corrected chi connectivity index (χ2v) is 4.28. The summed E-state index contributed by atoms with van der Waals surface area (Å²) in [6.45, 7) is 3.12. The van der Waals surface area contributed by atoms with Crippen molar-refractivity contribution in [2.24, 2.45) is 0 Å². The second kappa shape index (κ2) is 14.8. The second-order valence-electron chi connectivity index (χ2n) is 4.28. The first-order chi connectivity index (χ1) is 7.93. The van der Waals surface area contributed by atoms with Gasteiger partial charge >= 0.3 is 0 Å². The van der Waals surface area contributed by atoms with Gasteiger partial charge in [0.25, 0.3) is 0 Å². The lowest BCUT2D eigenvalue weighted by molar-refractivity contribution is -0.00000440. The van der Waals surface area contributed by atoms with E-state index in [1.54, 1.807) is 0 Å². The summed E-state index contributed by atoms with van der Waals surface area (Å²) in [5, 5.41) is 0. The third-order valence-electron chi connectivity index (χ3n) is 2.76. The molecule has 1 aromatic carbocycles. The number of quaternary nitrogens is 1. The average molecular weight is 365 g/mol. The molecule has 1 aromatic rings. The summed E-state index contributed by atoms with van der Waals surface area (Å²) < 4.78 is 5.63. The number of ether oxygens (including phenoxy) is 1. The summed E-state index contributed by atoms with van der Waals surface area (Å²) >= 11 is 0. The fraction of sp³-hybridized carbons (Fsp3) is 0.600. The summed E-state index contributed by atoms with van der Waals surface area (Å²) in [6.07, 6.45) is 9.35. The summed E-state index contributed by atoms with van der Waals surface area (Å²) in [5.74, 6) is 0.994. The lowest BCUT2D eigenvalue weighted by atomic mass is 10.1. The Morgan fingerprint density at radius 1 is 0.833 bits per heavy atom. The third-order valence-corrected chi connectivity index (χ3v) is 2.76. The molecule has 0 fully saturated rings. The van der Waals surface area contributed by atoms with E-state index in [2.05, 4.69) is 6.92 Å². The van der Waals surface area contributed by atoms with Crippen LogP contribution in [0.3, 0.4) is 0 Å². The predicted molar refractivity (Wildman–Crippen MR) is 75.9 cm³/mol. The molecule has 0 amide bonds. The zero-order valence-corrected chi connectivity index (χ0v) is 14.0. The SMILES string of the molecule is CCCCCCCCCOc1ccccc1.[I-].[NH4+]. The topological polar surface area (TPSA) is 45.7 Å². The minimum atomic E-state index is 0. The molecule has 1 rings (SSSR count). The quantitative estimate of drug-likeness (QED) is 0.529. The summed E-state index contributed by atoms with van der Waals surface area (Å²) in [4.78, 5) is 0. The van der Waals surface area contributed by atoms with Crippen LogP contribution in [0.2, 0.25) is 0 Å². The van der Waals surface area contributed by atoms with Crippen LogP contribution < -0.4 is 34.9 Å². The maximum atomic E-state index is 5.63. The fourth-order valence-corrected chi connectivity index (χ4v) is 1.77. The Morgan fingerprint density at radius 2 is 1.39 bits per heavy atom. The van der Waals surface area contributed by atoms with E-state index >= 15 is 0 Å². The maximum Gasteiger partial charge on any atom is 0.119 e. The van der Waals surface area contributed by atoms with Crippen LogP contribution in [0.1, 0.15) is 51.9 Å². The Morgan fingerprint density at radius 3 is 2.00 bits per heavy atom. The smallest absolute Gasteiger partial charge is 0.119 e. The molecule has 0 radical (unpaired) electrons. The normalized spacial score (nSPS) is 9.17. The molecule has 0 unspecified atom stereocenters. The molecule has 0 aliphatic carbocycles. The van der Waals surface area contributed by atoms with Crippen LogP contribution in [-0.2, 0) is 0 Å². The molecule has 0 spiro atoms. The molecule has 0 aromatic heterocycles. The van der Waals surface area contributed by atoms with Crippen molar-refractivity contribution in [3.05, 3.63) is 30.3 Å². The Hall–Kier alpha value is -0.290. The minimum absolute atomic E-state index is 0. The Bertz CT molecular complexity index is 254. The number of hydrogen-bond donors (Lipinski definition) is 1. The van der Waals surface area contributed by atoms with E-state index in [0.717, 1.165) is 12.4 Å². The number of benzene rings is 1. The maximum absolute atomic E-state index is 5.63. The van der Waals surface area contributed by atoms with Crippen LogP contribution in [0.15, 0.2) is 30.3 Å². The Kier molecular flexibility index (Phi) is 16.4. The molecule has 0 atom stereocenters. The van der Waals surface area contributed by atoms with Crippen LogP contribution in [0.4, 0.5) is 0 Å². The van der Waals surface area contributed by atoms with Crippen LogP contribution in [0.25, 0.3) is 0 Å². The number of unbranched alkanes of at least 4 members (excludes halogenated alkanes) is 6. The lowest BCUT2D eigenvalue weighted by Gasteiger charge is -2.05. The molecule has 0 saturated heterocycles. The first kappa shape index (κ1) is 20.0. The highest BCUT2D eigenvalue weighted by Crippen LogP contribution is 2.10. The van der Waals surface area contributed by atoms with Crippen molar-refractivity contribution < 1.29 is 28.7 Å². The van der Waals surface area contributed by atoms with Gasteiger partial charge in [-0.2, -0.15) is 0 Å². The van der Waals surface area contributed by atoms with Crippen molar-refractivity contribution in [2.45, 2.75) is 51.9 Å². The van der Waals surface area contributed by atoms with Crippen molar-refractivity contribution in [1.29, 1.82) is 0 Å². The van der Waals surface area contributed by atoms with Crippen LogP contribution in [0.5, 0.6) is 5.75 Å². The van der Waals surface area contributed by atoms with Gasteiger partial charge in [0.15, 0.2) is 0 Å².